The molecule has 24 heavy (non-hydrogen) atoms. The van der Waals surface area contributed by atoms with Gasteiger partial charge in [0.05, 0.1) is 12.1 Å². The van der Waals surface area contributed by atoms with E-state index in [1.807, 2.05) is 75.4 Å². The molecule has 4 heteroatoms. The molecule has 0 aromatic heterocycles. The van der Waals surface area contributed by atoms with Crippen molar-refractivity contribution in [2.45, 2.75) is 39.5 Å². The van der Waals surface area contributed by atoms with E-state index in [4.69, 9.17) is 4.74 Å². The van der Waals surface area contributed by atoms with Gasteiger partial charge in [-0.15, -0.1) is 0 Å². The van der Waals surface area contributed by atoms with Crippen molar-refractivity contribution in [3.63, 3.8) is 0 Å². The lowest BCUT2D eigenvalue weighted by Crippen LogP contribution is -2.38. The van der Waals surface area contributed by atoms with Crippen molar-refractivity contribution in [1.82, 2.24) is 10.2 Å². The Morgan fingerprint density at radius 1 is 1.08 bits per heavy atom. The Kier molecular flexibility index (Phi) is 6.24. The highest BCUT2D eigenvalue weighted by atomic mass is 16.5. The van der Waals surface area contributed by atoms with E-state index < -0.39 is 0 Å². The first-order valence-corrected chi connectivity index (χ1v) is 8.28. The molecule has 1 unspecified atom stereocenters. The van der Waals surface area contributed by atoms with Crippen molar-refractivity contribution >= 4 is 6.03 Å². The number of nitrogens with zero attached hydrogens (tertiary/aromatic N) is 1. The van der Waals surface area contributed by atoms with Crippen LogP contribution in [0.2, 0.25) is 0 Å². The number of amides is 2. The number of urea groups is 1. The van der Waals surface area contributed by atoms with E-state index in [2.05, 4.69) is 5.32 Å². The number of hydrogen-bond donors (Lipinski definition) is 1. The summed E-state index contributed by atoms with van der Waals surface area (Å²) in [4.78, 5) is 14.1. The average Bonchev–Trinajstić information content (AvgIpc) is 2.55. The number of rotatable bonds is 6. The van der Waals surface area contributed by atoms with Crippen LogP contribution in [0.1, 0.15) is 37.9 Å². The van der Waals surface area contributed by atoms with Crippen LogP contribution < -0.4 is 10.1 Å². The van der Waals surface area contributed by atoms with Crippen LogP contribution in [0.25, 0.3) is 0 Å². The molecule has 0 saturated heterocycles. The minimum atomic E-state index is -0.0958. The van der Waals surface area contributed by atoms with Gasteiger partial charge in [-0.2, -0.15) is 0 Å². The third-order valence-corrected chi connectivity index (χ3v) is 3.68. The van der Waals surface area contributed by atoms with E-state index in [0.717, 1.165) is 16.9 Å². The van der Waals surface area contributed by atoms with E-state index in [-0.39, 0.29) is 18.2 Å². The Bertz CT molecular complexity index is 656. The van der Waals surface area contributed by atoms with Crippen LogP contribution >= 0.6 is 0 Å². The Hall–Kier alpha value is -2.49. The van der Waals surface area contributed by atoms with Crippen LogP contribution in [0.3, 0.4) is 0 Å². The molecule has 0 aliphatic heterocycles. The third kappa shape index (κ3) is 5.30. The summed E-state index contributed by atoms with van der Waals surface area (Å²) in [7, 11) is 1.80. The van der Waals surface area contributed by atoms with Gasteiger partial charge < -0.3 is 15.0 Å². The number of carbonyl (C=O) groups is 1. The SMILES string of the molecule is CC(C)Oc1cccc(C(C)NC(=O)N(C)Cc2ccccc2)c1. The molecular formula is C20H26N2O2. The lowest BCUT2D eigenvalue weighted by molar-refractivity contribution is 0.203. The third-order valence-electron chi connectivity index (χ3n) is 3.68. The number of ether oxygens (including phenoxy) is 1. The van der Waals surface area contributed by atoms with Crippen molar-refractivity contribution in [3.05, 3.63) is 65.7 Å². The van der Waals surface area contributed by atoms with Crippen LogP contribution in [0.15, 0.2) is 54.6 Å². The van der Waals surface area contributed by atoms with Crippen LogP contribution in [-0.2, 0) is 6.54 Å². The van der Waals surface area contributed by atoms with Gasteiger partial charge in [0.2, 0.25) is 0 Å². The molecule has 128 valence electrons. The van der Waals surface area contributed by atoms with Gasteiger partial charge in [-0.3, -0.25) is 0 Å². The summed E-state index contributed by atoms with van der Waals surface area (Å²) in [5.74, 6) is 0.821. The standard InChI is InChI=1S/C20H26N2O2/c1-15(2)24-19-12-8-11-18(13-19)16(3)21-20(23)22(4)14-17-9-6-5-7-10-17/h5-13,15-16H,14H2,1-4H3,(H,21,23). The summed E-state index contributed by atoms with van der Waals surface area (Å²) in [6.45, 7) is 6.55. The van der Waals surface area contributed by atoms with Crippen molar-refractivity contribution in [2.75, 3.05) is 7.05 Å². The minimum absolute atomic E-state index is 0.0913. The summed E-state index contributed by atoms with van der Waals surface area (Å²) in [6, 6.07) is 17.6. The molecule has 4 nitrogen and oxygen atoms in total. The summed E-state index contributed by atoms with van der Waals surface area (Å²) in [6.07, 6.45) is 0.127. The predicted molar refractivity (Wildman–Crippen MR) is 97.1 cm³/mol. The Balaban J connectivity index is 1.95. The zero-order chi connectivity index (χ0) is 17.5. The normalized spacial score (nSPS) is 11.9. The van der Waals surface area contributed by atoms with E-state index >= 15 is 0 Å². The zero-order valence-electron chi connectivity index (χ0n) is 14.8. The fourth-order valence-electron chi connectivity index (χ4n) is 2.44. The maximum atomic E-state index is 12.4. The largest absolute Gasteiger partial charge is 0.491 e. The van der Waals surface area contributed by atoms with Crippen LogP contribution in [-0.4, -0.2) is 24.1 Å². The van der Waals surface area contributed by atoms with Crippen molar-refractivity contribution in [3.8, 4) is 5.75 Å². The first-order chi connectivity index (χ1) is 11.5. The van der Waals surface area contributed by atoms with Crippen molar-refractivity contribution in [1.29, 1.82) is 0 Å². The molecule has 2 aromatic rings. The van der Waals surface area contributed by atoms with E-state index in [1.165, 1.54) is 0 Å². The molecule has 0 spiro atoms. The number of hydrogen-bond acceptors (Lipinski definition) is 2. The Morgan fingerprint density at radius 3 is 2.46 bits per heavy atom. The van der Waals surface area contributed by atoms with Gasteiger partial charge >= 0.3 is 6.03 Å². The smallest absolute Gasteiger partial charge is 0.317 e. The monoisotopic (exact) mass is 326 g/mol. The van der Waals surface area contributed by atoms with Crippen molar-refractivity contribution in [2.24, 2.45) is 0 Å². The van der Waals surface area contributed by atoms with E-state index in [9.17, 15) is 4.79 Å². The molecule has 0 aliphatic carbocycles. The predicted octanol–water partition coefficient (Wildman–Crippen LogP) is 4.38. The van der Waals surface area contributed by atoms with Gasteiger partial charge in [-0.05, 0) is 44.0 Å². The zero-order valence-corrected chi connectivity index (χ0v) is 14.8. The highest BCUT2D eigenvalue weighted by molar-refractivity contribution is 5.74. The molecule has 0 radical (unpaired) electrons. The summed E-state index contributed by atoms with van der Waals surface area (Å²) in [5, 5.41) is 3.03. The summed E-state index contributed by atoms with van der Waals surface area (Å²) >= 11 is 0. The maximum absolute atomic E-state index is 12.4. The molecule has 1 atom stereocenters. The highest BCUT2D eigenvalue weighted by Crippen LogP contribution is 2.20. The molecule has 0 fully saturated rings. The molecule has 2 aromatic carbocycles. The molecule has 2 rings (SSSR count). The molecule has 2 amide bonds. The van der Waals surface area contributed by atoms with E-state index in [0.29, 0.717) is 6.54 Å². The van der Waals surface area contributed by atoms with Gasteiger partial charge in [0.15, 0.2) is 0 Å². The highest BCUT2D eigenvalue weighted by Gasteiger charge is 2.14. The first-order valence-electron chi connectivity index (χ1n) is 8.28. The van der Waals surface area contributed by atoms with Gasteiger partial charge in [0, 0.05) is 13.6 Å². The Labute approximate surface area is 144 Å². The number of benzene rings is 2. The lowest BCUT2D eigenvalue weighted by atomic mass is 10.1. The molecular weight excluding hydrogens is 300 g/mol. The average molecular weight is 326 g/mol. The van der Waals surface area contributed by atoms with Gasteiger partial charge in [-0.1, -0.05) is 42.5 Å². The van der Waals surface area contributed by atoms with Gasteiger partial charge in [0.1, 0.15) is 5.75 Å². The summed E-state index contributed by atoms with van der Waals surface area (Å²) < 4.78 is 5.71. The molecule has 0 aliphatic rings. The number of nitrogens with one attached hydrogen (secondary N) is 1. The molecule has 0 heterocycles. The number of carbonyl (C=O) groups excluding carboxylic acids is 1. The van der Waals surface area contributed by atoms with E-state index in [1.54, 1.807) is 11.9 Å². The quantitative estimate of drug-likeness (QED) is 0.856. The lowest BCUT2D eigenvalue weighted by Gasteiger charge is -2.22. The minimum Gasteiger partial charge on any atom is -0.491 e. The van der Waals surface area contributed by atoms with Crippen LogP contribution in [0.5, 0.6) is 5.75 Å². The summed E-state index contributed by atoms with van der Waals surface area (Å²) in [5.41, 5.74) is 2.13. The molecule has 1 N–H and O–H groups in total. The van der Waals surface area contributed by atoms with Crippen LogP contribution in [0.4, 0.5) is 4.79 Å². The topological polar surface area (TPSA) is 41.6 Å². The second-order valence-electron chi connectivity index (χ2n) is 6.25. The van der Waals surface area contributed by atoms with Crippen molar-refractivity contribution < 1.29 is 9.53 Å². The fourth-order valence-corrected chi connectivity index (χ4v) is 2.44. The fraction of sp³-hybridized carbons (Fsp3) is 0.350. The Morgan fingerprint density at radius 2 is 1.79 bits per heavy atom. The molecule has 0 saturated carbocycles. The second kappa shape index (κ2) is 8.39. The second-order valence-corrected chi connectivity index (χ2v) is 6.25. The van der Waals surface area contributed by atoms with Gasteiger partial charge in [-0.25, -0.2) is 4.79 Å². The molecule has 0 bridgehead atoms. The maximum Gasteiger partial charge on any atom is 0.317 e. The first kappa shape index (κ1) is 17.9. The van der Waals surface area contributed by atoms with Crippen LogP contribution in [0, 0.1) is 0 Å². The van der Waals surface area contributed by atoms with Gasteiger partial charge in [0.25, 0.3) is 0 Å².